The Hall–Kier alpha value is -3.40. The van der Waals surface area contributed by atoms with E-state index in [1.807, 2.05) is 32.0 Å². The topological polar surface area (TPSA) is 67.5 Å². The van der Waals surface area contributed by atoms with Gasteiger partial charge in [-0.15, -0.1) is 0 Å². The first kappa shape index (κ1) is 17.0. The third-order valence-electron chi connectivity index (χ3n) is 5.06. The van der Waals surface area contributed by atoms with Crippen molar-refractivity contribution in [3.63, 3.8) is 0 Å². The van der Waals surface area contributed by atoms with E-state index in [1.54, 1.807) is 31.2 Å². The number of carbonyl (C=O) groups is 1. The van der Waals surface area contributed by atoms with Crippen LogP contribution in [0, 0.1) is 20.8 Å². The van der Waals surface area contributed by atoms with Gasteiger partial charge >= 0.3 is 5.97 Å². The molecule has 1 aliphatic heterocycles. The normalized spacial score (nSPS) is 11.2. The number of fused-ring (bicyclic) bond motifs is 2. The first-order chi connectivity index (χ1) is 12.9. The summed E-state index contributed by atoms with van der Waals surface area (Å²) in [7, 11) is 0. The number of hydrogen-bond acceptors (Lipinski definition) is 3. The number of rotatable bonds is 2. The Kier molecular flexibility index (Phi) is 3.84. The van der Waals surface area contributed by atoms with Gasteiger partial charge in [0.25, 0.3) is 0 Å². The third kappa shape index (κ3) is 2.70. The SMILES string of the molecule is Cc1cc2oc3cc(=O)c(C)cc-3c(-c3ccccc3C(=O)O)c2cc1C. The Morgan fingerprint density at radius 2 is 1.59 bits per heavy atom. The van der Waals surface area contributed by atoms with E-state index in [2.05, 4.69) is 0 Å². The zero-order valence-electron chi connectivity index (χ0n) is 15.3. The van der Waals surface area contributed by atoms with Gasteiger partial charge in [-0.3, -0.25) is 4.79 Å². The van der Waals surface area contributed by atoms with Crippen molar-refractivity contribution in [1.29, 1.82) is 0 Å². The van der Waals surface area contributed by atoms with E-state index in [9.17, 15) is 14.7 Å². The fourth-order valence-corrected chi connectivity index (χ4v) is 3.46. The molecule has 4 rings (SSSR count). The van der Waals surface area contributed by atoms with Gasteiger partial charge in [0.1, 0.15) is 11.3 Å². The molecule has 4 heteroatoms. The van der Waals surface area contributed by atoms with Crippen LogP contribution in [-0.4, -0.2) is 11.1 Å². The smallest absolute Gasteiger partial charge is 0.336 e. The van der Waals surface area contributed by atoms with Crippen LogP contribution in [0.15, 0.2) is 57.7 Å². The highest BCUT2D eigenvalue weighted by molar-refractivity contribution is 6.07. The van der Waals surface area contributed by atoms with Gasteiger partial charge in [-0.25, -0.2) is 4.79 Å². The lowest BCUT2D eigenvalue weighted by Crippen LogP contribution is -2.06. The molecule has 0 saturated carbocycles. The molecule has 0 spiro atoms. The second-order valence-electron chi connectivity index (χ2n) is 6.87. The standard InChI is InChI=1S/C23H18O4/c1-12-8-17-20(10-13(12)2)27-21-11-19(24)14(3)9-18(21)22(17)15-6-4-5-7-16(15)23(25)26/h4-11H,1-3H3,(H,25,26). The van der Waals surface area contributed by atoms with Crippen LogP contribution >= 0.6 is 0 Å². The molecule has 2 aromatic carbocycles. The van der Waals surface area contributed by atoms with Crippen molar-refractivity contribution in [3.05, 3.63) is 81.0 Å². The van der Waals surface area contributed by atoms with Gasteiger partial charge in [0.2, 0.25) is 0 Å². The van der Waals surface area contributed by atoms with E-state index < -0.39 is 5.97 Å². The minimum atomic E-state index is -0.992. The summed E-state index contributed by atoms with van der Waals surface area (Å²) >= 11 is 0. The van der Waals surface area contributed by atoms with Crippen molar-refractivity contribution in [1.82, 2.24) is 0 Å². The lowest BCUT2D eigenvalue weighted by molar-refractivity contribution is 0.0697. The van der Waals surface area contributed by atoms with Gasteiger partial charge in [0, 0.05) is 22.6 Å². The summed E-state index contributed by atoms with van der Waals surface area (Å²) in [6.07, 6.45) is 0. The maximum Gasteiger partial charge on any atom is 0.336 e. The lowest BCUT2D eigenvalue weighted by Gasteiger charge is -2.18. The second kappa shape index (κ2) is 6.09. The Bertz CT molecular complexity index is 1250. The Morgan fingerprint density at radius 3 is 2.33 bits per heavy atom. The summed E-state index contributed by atoms with van der Waals surface area (Å²) in [6, 6.07) is 14.1. The molecule has 0 atom stereocenters. The summed E-state index contributed by atoms with van der Waals surface area (Å²) < 4.78 is 6.03. The molecular formula is C23H18O4. The van der Waals surface area contributed by atoms with Gasteiger partial charge in [0.05, 0.1) is 5.56 Å². The molecule has 0 amide bonds. The molecule has 0 unspecified atom stereocenters. The van der Waals surface area contributed by atoms with Crippen LogP contribution in [-0.2, 0) is 0 Å². The average molecular weight is 358 g/mol. The predicted molar refractivity (Wildman–Crippen MR) is 106 cm³/mol. The largest absolute Gasteiger partial charge is 0.478 e. The van der Waals surface area contributed by atoms with Crippen molar-refractivity contribution < 1.29 is 14.3 Å². The van der Waals surface area contributed by atoms with Crippen molar-refractivity contribution in [3.8, 4) is 22.5 Å². The maximum absolute atomic E-state index is 12.2. The number of aryl methyl sites for hydroxylation is 3. The van der Waals surface area contributed by atoms with Crippen LogP contribution in [0.25, 0.3) is 33.4 Å². The first-order valence-electron chi connectivity index (χ1n) is 8.68. The minimum absolute atomic E-state index is 0.105. The van der Waals surface area contributed by atoms with Crippen LogP contribution in [0.2, 0.25) is 0 Å². The van der Waals surface area contributed by atoms with Gasteiger partial charge in [-0.2, -0.15) is 0 Å². The van der Waals surface area contributed by atoms with E-state index in [4.69, 9.17) is 4.42 Å². The van der Waals surface area contributed by atoms with Crippen molar-refractivity contribution in [2.75, 3.05) is 0 Å². The molecule has 4 nitrogen and oxygen atoms in total. The number of carboxylic acids is 1. The Morgan fingerprint density at radius 1 is 0.889 bits per heavy atom. The molecule has 1 N–H and O–H groups in total. The van der Waals surface area contributed by atoms with Crippen LogP contribution < -0.4 is 5.43 Å². The summed E-state index contributed by atoms with van der Waals surface area (Å²) in [4.78, 5) is 24.0. The fraction of sp³-hybridized carbons (Fsp3) is 0.130. The summed E-state index contributed by atoms with van der Waals surface area (Å²) in [5, 5.41) is 10.5. The molecule has 27 heavy (non-hydrogen) atoms. The van der Waals surface area contributed by atoms with Crippen LogP contribution in [0.5, 0.6) is 0 Å². The number of hydrogen-bond donors (Lipinski definition) is 1. The molecule has 1 aliphatic carbocycles. The van der Waals surface area contributed by atoms with Gasteiger partial charge in [-0.05, 0) is 67.3 Å². The molecule has 2 aliphatic rings. The fourth-order valence-electron chi connectivity index (χ4n) is 3.46. The minimum Gasteiger partial charge on any atom is -0.478 e. The summed E-state index contributed by atoms with van der Waals surface area (Å²) in [5.74, 6) is -0.537. The molecule has 134 valence electrons. The molecular weight excluding hydrogens is 340 g/mol. The zero-order valence-corrected chi connectivity index (χ0v) is 15.3. The van der Waals surface area contributed by atoms with E-state index in [0.717, 1.165) is 27.6 Å². The van der Waals surface area contributed by atoms with Crippen molar-refractivity contribution in [2.24, 2.45) is 0 Å². The van der Waals surface area contributed by atoms with E-state index >= 15 is 0 Å². The average Bonchev–Trinajstić information content (AvgIpc) is 2.63. The molecule has 0 radical (unpaired) electrons. The molecule has 0 fully saturated rings. The number of aromatic carboxylic acids is 1. The van der Waals surface area contributed by atoms with Gasteiger partial charge < -0.3 is 9.52 Å². The summed E-state index contributed by atoms with van der Waals surface area (Å²) in [6.45, 7) is 5.75. The number of benzene rings is 3. The quantitative estimate of drug-likeness (QED) is 0.501. The highest BCUT2D eigenvalue weighted by Crippen LogP contribution is 2.42. The lowest BCUT2D eigenvalue weighted by atomic mass is 9.89. The summed E-state index contributed by atoms with van der Waals surface area (Å²) in [5.41, 5.74) is 5.60. The third-order valence-corrected chi connectivity index (χ3v) is 5.06. The predicted octanol–water partition coefficient (Wildman–Crippen LogP) is 5.19. The zero-order chi connectivity index (χ0) is 19.3. The Labute approximate surface area is 156 Å². The Balaban J connectivity index is 2.27. The monoisotopic (exact) mass is 358 g/mol. The van der Waals surface area contributed by atoms with Crippen molar-refractivity contribution >= 4 is 16.9 Å². The van der Waals surface area contributed by atoms with Gasteiger partial charge in [-0.1, -0.05) is 18.2 Å². The van der Waals surface area contributed by atoms with E-state index in [0.29, 0.717) is 22.5 Å². The maximum atomic E-state index is 12.2. The van der Waals surface area contributed by atoms with Crippen LogP contribution in [0.3, 0.4) is 0 Å². The van der Waals surface area contributed by atoms with Crippen molar-refractivity contribution in [2.45, 2.75) is 20.8 Å². The molecule has 0 bridgehead atoms. The van der Waals surface area contributed by atoms with Crippen LogP contribution in [0.1, 0.15) is 27.0 Å². The molecule has 1 heterocycles. The molecule has 2 aromatic rings. The van der Waals surface area contributed by atoms with Gasteiger partial charge in [0.15, 0.2) is 5.43 Å². The van der Waals surface area contributed by atoms with E-state index in [1.165, 1.54) is 6.07 Å². The second-order valence-corrected chi connectivity index (χ2v) is 6.87. The molecule has 0 saturated heterocycles. The molecule has 0 aromatic heterocycles. The van der Waals surface area contributed by atoms with Crippen LogP contribution in [0.4, 0.5) is 0 Å². The van der Waals surface area contributed by atoms with E-state index in [-0.39, 0.29) is 11.0 Å². The highest BCUT2D eigenvalue weighted by atomic mass is 16.4. The number of carboxylic acid groups (broad SMARTS) is 1. The first-order valence-corrected chi connectivity index (χ1v) is 8.68. The highest BCUT2D eigenvalue weighted by Gasteiger charge is 2.22.